The average molecular weight is 397 g/mol. The Hall–Kier alpha value is -2.83. The summed E-state index contributed by atoms with van der Waals surface area (Å²) >= 11 is 0. The van der Waals surface area contributed by atoms with E-state index in [2.05, 4.69) is 10.5 Å². The van der Waals surface area contributed by atoms with Crippen molar-refractivity contribution in [1.29, 1.82) is 0 Å². The van der Waals surface area contributed by atoms with Crippen LogP contribution >= 0.6 is 0 Å². The van der Waals surface area contributed by atoms with E-state index in [1.165, 1.54) is 6.42 Å². The topological polar surface area (TPSA) is 84.7 Å². The van der Waals surface area contributed by atoms with Crippen LogP contribution in [0.25, 0.3) is 11.3 Å². The highest BCUT2D eigenvalue weighted by Gasteiger charge is 2.36. The average Bonchev–Trinajstić information content (AvgIpc) is 3.44. The number of nitrogens with zero attached hydrogens (tertiary/aromatic N) is 2. The van der Waals surface area contributed by atoms with E-state index in [-0.39, 0.29) is 23.6 Å². The number of hydrogen-bond acceptors (Lipinski definition) is 5. The highest BCUT2D eigenvalue weighted by Crippen LogP contribution is 2.27. The Morgan fingerprint density at radius 2 is 1.97 bits per heavy atom. The number of ether oxygens (including phenoxy) is 1. The molecule has 1 aromatic heterocycles. The van der Waals surface area contributed by atoms with Gasteiger partial charge in [0.15, 0.2) is 11.5 Å². The van der Waals surface area contributed by atoms with Gasteiger partial charge in [-0.05, 0) is 37.8 Å². The third-order valence-electron chi connectivity index (χ3n) is 5.85. The van der Waals surface area contributed by atoms with Crippen molar-refractivity contribution in [2.45, 2.75) is 57.0 Å². The SMILES string of the molecule is COc1cccc(-c2cc(C(=O)N3CCC[C@H]3C(=O)NC3CCCCC3)no2)c1. The summed E-state index contributed by atoms with van der Waals surface area (Å²) in [5, 5.41) is 7.11. The Labute approximate surface area is 170 Å². The van der Waals surface area contributed by atoms with Crippen molar-refractivity contribution in [2.24, 2.45) is 0 Å². The number of nitrogens with one attached hydrogen (secondary N) is 1. The van der Waals surface area contributed by atoms with Crippen LogP contribution in [0.5, 0.6) is 5.75 Å². The van der Waals surface area contributed by atoms with Crippen LogP contribution in [-0.4, -0.2) is 47.6 Å². The van der Waals surface area contributed by atoms with Gasteiger partial charge in [-0.3, -0.25) is 9.59 Å². The van der Waals surface area contributed by atoms with Crippen molar-refractivity contribution in [1.82, 2.24) is 15.4 Å². The van der Waals surface area contributed by atoms with Gasteiger partial charge in [0.1, 0.15) is 11.8 Å². The zero-order valence-corrected chi connectivity index (χ0v) is 16.7. The van der Waals surface area contributed by atoms with E-state index in [9.17, 15) is 9.59 Å². The zero-order chi connectivity index (χ0) is 20.2. The predicted octanol–water partition coefficient (Wildman–Crippen LogP) is 3.40. The van der Waals surface area contributed by atoms with Gasteiger partial charge in [0, 0.05) is 24.2 Å². The van der Waals surface area contributed by atoms with Crippen molar-refractivity contribution in [3.05, 3.63) is 36.0 Å². The molecule has 0 bridgehead atoms. The molecule has 2 amide bonds. The Bertz CT molecular complexity index is 872. The van der Waals surface area contributed by atoms with Gasteiger partial charge in [-0.25, -0.2) is 0 Å². The standard InChI is InChI=1S/C22H27N3O4/c1-28-17-10-5-7-15(13-17)20-14-18(24-29-20)22(27)25-12-6-11-19(25)21(26)23-16-8-3-2-4-9-16/h5,7,10,13-14,16,19H,2-4,6,8-9,11-12H2,1H3,(H,23,26)/t19-/m0/s1. The molecule has 4 rings (SSSR count). The maximum absolute atomic E-state index is 13.0. The summed E-state index contributed by atoms with van der Waals surface area (Å²) in [5.74, 6) is 0.892. The molecule has 7 nitrogen and oxygen atoms in total. The van der Waals surface area contributed by atoms with Crippen LogP contribution in [-0.2, 0) is 4.79 Å². The van der Waals surface area contributed by atoms with Crippen molar-refractivity contribution < 1.29 is 18.8 Å². The summed E-state index contributed by atoms with van der Waals surface area (Å²) in [5.41, 5.74) is 1.00. The van der Waals surface area contributed by atoms with E-state index in [0.29, 0.717) is 24.5 Å². The molecule has 0 spiro atoms. The number of carbonyl (C=O) groups is 2. The van der Waals surface area contributed by atoms with Crippen molar-refractivity contribution >= 4 is 11.8 Å². The highest BCUT2D eigenvalue weighted by molar-refractivity contribution is 5.97. The number of rotatable bonds is 5. The minimum Gasteiger partial charge on any atom is -0.497 e. The lowest BCUT2D eigenvalue weighted by atomic mass is 9.95. The predicted molar refractivity (Wildman–Crippen MR) is 108 cm³/mol. The fraction of sp³-hybridized carbons (Fsp3) is 0.500. The fourth-order valence-corrected chi connectivity index (χ4v) is 4.26. The lowest BCUT2D eigenvalue weighted by Gasteiger charge is -2.27. The summed E-state index contributed by atoms with van der Waals surface area (Å²) in [6.45, 7) is 0.558. The Kier molecular flexibility index (Phi) is 5.83. The van der Waals surface area contributed by atoms with Gasteiger partial charge in [-0.2, -0.15) is 0 Å². The molecule has 2 heterocycles. The lowest BCUT2D eigenvalue weighted by Crippen LogP contribution is -2.49. The molecule has 0 radical (unpaired) electrons. The number of methoxy groups -OCH3 is 1. The summed E-state index contributed by atoms with van der Waals surface area (Å²) < 4.78 is 10.6. The van der Waals surface area contributed by atoms with E-state index >= 15 is 0 Å². The molecule has 1 saturated heterocycles. The van der Waals surface area contributed by atoms with Gasteiger partial charge in [-0.1, -0.05) is 36.6 Å². The molecule has 1 N–H and O–H groups in total. The van der Waals surface area contributed by atoms with E-state index in [0.717, 1.165) is 37.7 Å². The number of hydrogen-bond donors (Lipinski definition) is 1. The lowest BCUT2D eigenvalue weighted by molar-refractivity contribution is -0.125. The minimum atomic E-state index is -0.429. The van der Waals surface area contributed by atoms with E-state index in [1.54, 1.807) is 18.1 Å². The zero-order valence-electron chi connectivity index (χ0n) is 16.7. The number of carbonyl (C=O) groups excluding carboxylic acids is 2. The van der Waals surface area contributed by atoms with Gasteiger partial charge < -0.3 is 19.5 Å². The van der Waals surface area contributed by atoms with E-state index in [1.807, 2.05) is 24.3 Å². The Morgan fingerprint density at radius 1 is 1.14 bits per heavy atom. The number of likely N-dealkylation sites (tertiary alicyclic amines) is 1. The quantitative estimate of drug-likeness (QED) is 0.836. The summed E-state index contributed by atoms with van der Waals surface area (Å²) in [7, 11) is 1.60. The molecule has 2 aromatic rings. The summed E-state index contributed by atoms with van der Waals surface area (Å²) in [4.78, 5) is 27.4. The molecule has 1 aliphatic heterocycles. The molecule has 1 aliphatic carbocycles. The molecule has 1 aromatic carbocycles. The van der Waals surface area contributed by atoms with Crippen LogP contribution in [0.4, 0.5) is 0 Å². The van der Waals surface area contributed by atoms with Crippen LogP contribution in [0.15, 0.2) is 34.9 Å². The first-order valence-electron chi connectivity index (χ1n) is 10.4. The van der Waals surface area contributed by atoms with Gasteiger partial charge in [0.05, 0.1) is 7.11 Å². The first kappa shape index (κ1) is 19.5. The maximum atomic E-state index is 13.0. The van der Waals surface area contributed by atoms with Crippen LogP contribution < -0.4 is 10.1 Å². The van der Waals surface area contributed by atoms with Crippen LogP contribution in [0, 0.1) is 0 Å². The molecular formula is C22H27N3O4. The highest BCUT2D eigenvalue weighted by atomic mass is 16.5. The van der Waals surface area contributed by atoms with Crippen LogP contribution in [0.1, 0.15) is 55.4 Å². The molecule has 1 saturated carbocycles. The second kappa shape index (κ2) is 8.68. The van der Waals surface area contributed by atoms with Gasteiger partial charge in [-0.15, -0.1) is 0 Å². The molecule has 29 heavy (non-hydrogen) atoms. The molecule has 2 fully saturated rings. The summed E-state index contributed by atoms with van der Waals surface area (Å²) in [6.07, 6.45) is 7.11. The molecule has 154 valence electrons. The fourth-order valence-electron chi connectivity index (χ4n) is 4.26. The molecule has 0 unspecified atom stereocenters. The second-order valence-electron chi connectivity index (χ2n) is 7.81. The number of benzene rings is 1. The Morgan fingerprint density at radius 3 is 2.76 bits per heavy atom. The van der Waals surface area contributed by atoms with Crippen molar-refractivity contribution in [3.63, 3.8) is 0 Å². The third-order valence-corrected chi connectivity index (χ3v) is 5.85. The number of amides is 2. The first-order valence-corrected chi connectivity index (χ1v) is 10.4. The number of aromatic nitrogens is 1. The van der Waals surface area contributed by atoms with Crippen LogP contribution in [0.2, 0.25) is 0 Å². The van der Waals surface area contributed by atoms with Gasteiger partial charge >= 0.3 is 0 Å². The smallest absolute Gasteiger partial charge is 0.276 e. The van der Waals surface area contributed by atoms with Crippen LogP contribution in [0.3, 0.4) is 0 Å². The normalized spacial score (nSPS) is 19.9. The van der Waals surface area contributed by atoms with Gasteiger partial charge in [0.25, 0.3) is 5.91 Å². The largest absolute Gasteiger partial charge is 0.497 e. The molecular weight excluding hydrogens is 370 g/mol. The molecule has 7 heteroatoms. The minimum absolute atomic E-state index is 0.0423. The van der Waals surface area contributed by atoms with Crippen molar-refractivity contribution in [2.75, 3.05) is 13.7 Å². The summed E-state index contributed by atoms with van der Waals surface area (Å²) in [6, 6.07) is 8.82. The maximum Gasteiger partial charge on any atom is 0.276 e. The second-order valence-corrected chi connectivity index (χ2v) is 7.81. The third kappa shape index (κ3) is 4.28. The Balaban J connectivity index is 1.45. The van der Waals surface area contributed by atoms with E-state index in [4.69, 9.17) is 9.26 Å². The first-order chi connectivity index (χ1) is 14.2. The molecule has 2 aliphatic rings. The monoisotopic (exact) mass is 397 g/mol. The molecule has 1 atom stereocenters. The van der Waals surface area contributed by atoms with Gasteiger partial charge in [0.2, 0.25) is 5.91 Å². The van der Waals surface area contributed by atoms with E-state index < -0.39 is 6.04 Å². The van der Waals surface area contributed by atoms with Crippen molar-refractivity contribution in [3.8, 4) is 17.1 Å².